The summed E-state index contributed by atoms with van der Waals surface area (Å²) in [5.74, 6) is 0.938. The molecular formula is C32H55FN12O10P2. The lowest BCUT2D eigenvalue weighted by molar-refractivity contribution is -0.0619. The standard InChI is InChI=1S/C25H46FN7O9P2.C7H9N5O/c1-6-19(41-18(3)33-17-28-21-22(33)31-24(27)32-23(21)39-7-2)14-40-43(34,35)29-12-10-8-9-11-13-30-44(36,37-5)42-20-15-38-16-25(20,4)26;1-2-13-6-4-5(10-3-9-4)11-7(8)12-6/h17-20H,6-16H2,1-5H3,(H,30,36)(H2,27,31,32)(H2,29,34,35);3H,2H2,1H3,(H3,8,9,10,11,12)/t18?,19?,20?,25-,44?;/m0./s1. The summed E-state index contributed by atoms with van der Waals surface area (Å²) in [7, 11) is -6.50. The fourth-order valence-electron chi connectivity index (χ4n) is 5.43. The lowest BCUT2D eigenvalue weighted by Gasteiger charge is -2.25. The van der Waals surface area contributed by atoms with Crippen LogP contribution in [0.5, 0.6) is 11.8 Å². The van der Waals surface area contributed by atoms with Crippen molar-refractivity contribution >= 4 is 49.7 Å². The third-order valence-electron chi connectivity index (χ3n) is 8.46. The third kappa shape index (κ3) is 13.5. The summed E-state index contributed by atoms with van der Waals surface area (Å²) in [5.41, 5.74) is 11.6. The van der Waals surface area contributed by atoms with Crippen molar-refractivity contribution in [3.05, 3.63) is 12.7 Å². The number of nitrogens with two attached hydrogens (primary N) is 2. The first kappa shape index (κ1) is 46.1. The monoisotopic (exact) mass is 848 g/mol. The van der Waals surface area contributed by atoms with Gasteiger partial charge in [0.2, 0.25) is 23.7 Å². The molecule has 0 aliphatic carbocycles. The van der Waals surface area contributed by atoms with Gasteiger partial charge >= 0.3 is 15.5 Å². The number of unbranched alkanes of at least 4 members (excludes halogenated alkanes) is 3. The maximum absolute atomic E-state index is 14.4. The molecule has 4 aromatic rings. The van der Waals surface area contributed by atoms with Crippen LogP contribution in [0.4, 0.5) is 16.3 Å². The number of aromatic amines is 1. The van der Waals surface area contributed by atoms with Crippen LogP contribution in [-0.2, 0) is 32.2 Å². The van der Waals surface area contributed by atoms with Crippen LogP contribution in [-0.4, -0.2) is 115 Å². The van der Waals surface area contributed by atoms with E-state index in [0.29, 0.717) is 67.2 Å². The van der Waals surface area contributed by atoms with Crippen LogP contribution in [0.3, 0.4) is 0 Å². The van der Waals surface area contributed by atoms with Crippen LogP contribution >= 0.6 is 15.5 Å². The fraction of sp³-hybridized carbons (Fsp3) is 0.688. The normalized spacial score (nSPS) is 20.1. The van der Waals surface area contributed by atoms with Gasteiger partial charge in [0, 0.05) is 20.2 Å². The minimum Gasteiger partial charge on any atom is -0.476 e. The second kappa shape index (κ2) is 21.4. The SMILES string of the molecule is CCOc1nc(N)nc2c1ncn2C(C)OC(CC)COP(=O)(O)NCCCCCCNP(=O)(OC)OC1COC[C@]1(C)F.CCOc1nc(N)nc2nc[nH]c12. The summed E-state index contributed by atoms with van der Waals surface area (Å²) >= 11 is 0. The van der Waals surface area contributed by atoms with Crippen LogP contribution in [0.2, 0.25) is 0 Å². The largest absolute Gasteiger partial charge is 0.476 e. The smallest absolute Gasteiger partial charge is 0.405 e. The molecule has 5 heterocycles. The molecule has 1 saturated heterocycles. The highest BCUT2D eigenvalue weighted by Gasteiger charge is 2.45. The minimum absolute atomic E-state index is 0.00343. The second-order valence-corrected chi connectivity index (χ2v) is 16.4. The van der Waals surface area contributed by atoms with E-state index in [4.69, 9.17) is 44.0 Å². The molecular weight excluding hydrogens is 793 g/mol. The maximum atomic E-state index is 14.4. The number of fused-ring (bicyclic) bond motifs is 2. The van der Waals surface area contributed by atoms with E-state index in [-0.39, 0.29) is 44.1 Å². The molecule has 0 spiro atoms. The Morgan fingerprint density at radius 2 is 1.70 bits per heavy atom. The van der Waals surface area contributed by atoms with Crippen molar-refractivity contribution in [2.24, 2.45) is 0 Å². The number of rotatable bonds is 23. The van der Waals surface area contributed by atoms with Gasteiger partial charge < -0.3 is 44.8 Å². The lowest BCUT2D eigenvalue weighted by atomic mass is 10.1. The van der Waals surface area contributed by atoms with Crippen molar-refractivity contribution < 1.29 is 50.9 Å². The summed E-state index contributed by atoms with van der Waals surface area (Å²) in [5, 5.41) is 5.30. The number of aromatic nitrogens is 8. The third-order valence-corrected chi connectivity index (χ3v) is 11.2. The minimum atomic E-state index is -4.06. The van der Waals surface area contributed by atoms with Crippen molar-refractivity contribution in [2.45, 2.75) is 90.8 Å². The molecule has 5 rings (SSSR count). The predicted octanol–water partition coefficient (Wildman–Crippen LogP) is 4.21. The molecule has 0 saturated carbocycles. The summed E-state index contributed by atoms with van der Waals surface area (Å²) in [6.07, 6.45) is 4.33. The Hall–Kier alpha value is -3.63. The van der Waals surface area contributed by atoms with E-state index in [1.54, 1.807) is 17.8 Å². The predicted molar refractivity (Wildman–Crippen MR) is 208 cm³/mol. The number of ether oxygens (including phenoxy) is 4. The topological polar surface area (TPSA) is 293 Å². The number of nitrogens with one attached hydrogen (secondary N) is 3. The molecule has 1 aliphatic rings. The van der Waals surface area contributed by atoms with Gasteiger partial charge in [-0.1, -0.05) is 19.8 Å². The quantitative estimate of drug-likeness (QED) is 0.0450. The molecule has 0 amide bonds. The van der Waals surface area contributed by atoms with Crippen LogP contribution in [0.15, 0.2) is 12.7 Å². The van der Waals surface area contributed by atoms with E-state index in [2.05, 4.69) is 45.1 Å². The van der Waals surface area contributed by atoms with Crippen molar-refractivity contribution in [1.29, 1.82) is 0 Å². The Morgan fingerprint density at radius 3 is 2.35 bits per heavy atom. The van der Waals surface area contributed by atoms with Gasteiger partial charge in [-0.25, -0.2) is 33.7 Å². The average molecular weight is 849 g/mol. The Morgan fingerprint density at radius 1 is 1.04 bits per heavy atom. The fourth-order valence-corrected chi connectivity index (χ4v) is 7.66. The first-order valence-electron chi connectivity index (χ1n) is 18.6. The molecule has 1 fully saturated rings. The molecule has 1 aliphatic heterocycles. The summed E-state index contributed by atoms with van der Waals surface area (Å²) in [6, 6.07) is 0. The Kier molecular flexibility index (Phi) is 17.3. The molecule has 22 nitrogen and oxygen atoms in total. The van der Waals surface area contributed by atoms with E-state index in [1.807, 2.05) is 20.8 Å². The molecule has 0 aromatic carbocycles. The van der Waals surface area contributed by atoms with Crippen molar-refractivity contribution in [1.82, 2.24) is 49.6 Å². The zero-order valence-corrected chi connectivity index (χ0v) is 34.8. The number of H-pyrrole nitrogens is 1. The Labute approximate surface area is 329 Å². The van der Waals surface area contributed by atoms with Gasteiger partial charge in [0.15, 0.2) is 22.5 Å². The van der Waals surface area contributed by atoms with Crippen molar-refractivity contribution in [3.63, 3.8) is 0 Å². The van der Waals surface area contributed by atoms with Crippen LogP contribution < -0.4 is 31.1 Å². The van der Waals surface area contributed by atoms with Gasteiger partial charge in [0.1, 0.15) is 17.8 Å². The highest BCUT2D eigenvalue weighted by molar-refractivity contribution is 7.51. The number of alkyl halides is 1. The molecule has 320 valence electrons. The van der Waals surface area contributed by atoms with E-state index in [0.717, 1.165) is 12.8 Å². The highest BCUT2D eigenvalue weighted by atomic mass is 31.2. The van der Waals surface area contributed by atoms with Gasteiger partial charge in [-0.2, -0.15) is 19.9 Å². The number of hydrogen-bond acceptors (Lipinski definition) is 17. The van der Waals surface area contributed by atoms with Crippen LogP contribution in [0.1, 0.15) is 73.0 Å². The number of halogens is 1. The lowest BCUT2D eigenvalue weighted by Crippen LogP contribution is -2.36. The van der Waals surface area contributed by atoms with Crippen LogP contribution in [0, 0.1) is 0 Å². The molecule has 5 unspecified atom stereocenters. The van der Waals surface area contributed by atoms with Crippen molar-refractivity contribution in [2.75, 3.05) is 64.7 Å². The van der Waals surface area contributed by atoms with Gasteiger partial charge in [-0.15, -0.1) is 0 Å². The Balaban J connectivity index is 0.000000463. The number of imidazole rings is 2. The first-order chi connectivity index (χ1) is 27.1. The number of nitrogens with zero attached hydrogens (tertiary/aromatic N) is 7. The van der Waals surface area contributed by atoms with E-state index in [1.165, 1.54) is 20.4 Å². The van der Waals surface area contributed by atoms with Gasteiger partial charge in [0.05, 0.1) is 51.8 Å². The molecule has 4 aromatic heterocycles. The number of hydrogen-bond donors (Lipinski definition) is 6. The molecule has 0 radical (unpaired) electrons. The van der Waals surface area contributed by atoms with Crippen LogP contribution in [0.25, 0.3) is 22.3 Å². The molecule has 6 atom stereocenters. The average Bonchev–Trinajstić information content (AvgIpc) is 3.90. The van der Waals surface area contributed by atoms with Crippen molar-refractivity contribution in [3.8, 4) is 11.8 Å². The molecule has 57 heavy (non-hydrogen) atoms. The Bertz CT molecular complexity index is 1960. The van der Waals surface area contributed by atoms with Gasteiger partial charge in [0.25, 0.3) is 0 Å². The van der Waals surface area contributed by atoms with E-state index >= 15 is 0 Å². The van der Waals surface area contributed by atoms with Gasteiger partial charge in [-0.3, -0.25) is 13.6 Å². The molecule has 25 heteroatoms. The van der Waals surface area contributed by atoms with E-state index in [9.17, 15) is 18.4 Å². The van der Waals surface area contributed by atoms with Gasteiger partial charge in [-0.05, 0) is 47.0 Å². The number of anilines is 2. The first-order valence-corrected chi connectivity index (χ1v) is 21.7. The summed E-state index contributed by atoms with van der Waals surface area (Å²) in [6.45, 7) is 9.98. The molecule has 8 N–H and O–H groups in total. The molecule has 0 bridgehead atoms. The van der Waals surface area contributed by atoms with E-state index < -0.39 is 39.6 Å². The maximum Gasteiger partial charge on any atom is 0.405 e. The summed E-state index contributed by atoms with van der Waals surface area (Å²) in [4.78, 5) is 37.6. The number of nitrogen functional groups attached to an aromatic ring is 2. The second-order valence-electron chi connectivity index (χ2n) is 12.9. The zero-order chi connectivity index (χ0) is 41.6. The zero-order valence-electron chi connectivity index (χ0n) is 33.1. The summed E-state index contributed by atoms with van der Waals surface area (Å²) < 4.78 is 78.9. The highest BCUT2D eigenvalue weighted by Crippen LogP contribution is 2.47.